The molecule has 1 aromatic heterocycles. The predicted molar refractivity (Wildman–Crippen MR) is 142 cm³/mol. The average molecular weight is 555 g/mol. The van der Waals surface area contributed by atoms with Gasteiger partial charge in [-0.2, -0.15) is 0 Å². The molecule has 1 amide bonds. The maximum atomic E-state index is 13.7. The molecule has 0 aliphatic rings. The molecule has 0 saturated heterocycles. The number of nitrogens with zero attached hydrogens (tertiary/aromatic N) is 1. The Hall–Kier alpha value is -4.25. The number of carbonyl (C=O) groups is 3. The van der Waals surface area contributed by atoms with Gasteiger partial charge in [0.2, 0.25) is 5.75 Å². The molecular weight excluding hydrogens is 524 g/mol. The van der Waals surface area contributed by atoms with Gasteiger partial charge >= 0.3 is 11.9 Å². The second kappa shape index (κ2) is 12.5. The largest absolute Gasteiger partial charge is 0.493 e. The number of amides is 1. The summed E-state index contributed by atoms with van der Waals surface area (Å²) < 4.78 is 43.1. The Kier molecular flexibility index (Phi) is 9.42. The molecule has 0 aliphatic heterocycles. The zero-order chi connectivity index (χ0) is 28.7. The lowest BCUT2D eigenvalue weighted by molar-refractivity contribution is -0.150. The van der Waals surface area contributed by atoms with Crippen molar-refractivity contribution in [3.05, 3.63) is 83.7 Å². The minimum Gasteiger partial charge on any atom is -0.493 e. The van der Waals surface area contributed by atoms with E-state index in [1.165, 1.54) is 45.4 Å². The zero-order valence-electron chi connectivity index (χ0n) is 22.2. The van der Waals surface area contributed by atoms with E-state index in [-0.39, 0.29) is 22.1 Å². The molecule has 0 aliphatic carbocycles. The summed E-state index contributed by atoms with van der Waals surface area (Å²) in [5.74, 6) is -2.49. The molecule has 3 aromatic rings. The van der Waals surface area contributed by atoms with Crippen LogP contribution in [0, 0.1) is 6.92 Å². The number of hydrogen-bond acceptors (Lipinski definition) is 9. The van der Waals surface area contributed by atoms with Crippen LogP contribution in [0.1, 0.15) is 47.6 Å². The molecule has 0 saturated carbocycles. The number of aromatic nitrogens is 1. The van der Waals surface area contributed by atoms with Gasteiger partial charge in [0.1, 0.15) is 17.4 Å². The van der Waals surface area contributed by atoms with Gasteiger partial charge in [0.15, 0.2) is 21.3 Å². The van der Waals surface area contributed by atoms with Crippen molar-refractivity contribution in [2.45, 2.75) is 50.0 Å². The van der Waals surface area contributed by atoms with E-state index >= 15 is 0 Å². The first-order valence-corrected chi connectivity index (χ1v) is 13.6. The summed E-state index contributed by atoms with van der Waals surface area (Å²) in [5.41, 5.74) is 1.07. The molecule has 1 N–H and O–H groups in total. The summed E-state index contributed by atoms with van der Waals surface area (Å²) in [6.07, 6.45) is 0.170. The molecule has 1 heterocycles. The third kappa shape index (κ3) is 6.99. The van der Waals surface area contributed by atoms with E-state index in [2.05, 4.69) is 10.3 Å². The van der Waals surface area contributed by atoms with Crippen LogP contribution in [0.4, 0.5) is 0 Å². The van der Waals surface area contributed by atoms with E-state index in [0.29, 0.717) is 5.56 Å². The van der Waals surface area contributed by atoms with Crippen LogP contribution in [0.3, 0.4) is 0 Å². The SMILES string of the molecule is COc1ccnc(C(=O)N[C@@H](C)C(=O)O[C@@H](C)[C@@H](c2ccccc2)S(=O)(=O)c2ccc(C)cc2)c1OC(C)=O. The number of benzene rings is 2. The summed E-state index contributed by atoms with van der Waals surface area (Å²) in [5, 5.41) is 1.24. The first-order valence-electron chi connectivity index (χ1n) is 12.0. The Morgan fingerprint density at radius 2 is 1.59 bits per heavy atom. The number of methoxy groups -OCH3 is 1. The standard InChI is InChI=1S/C28H30N2O8S/c1-17-11-13-22(14-12-17)39(34,35)26(21-9-7-6-8-10-21)19(3)37-28(33)18(2)30-27(32)24-25(38-20(4)31)23(36-5)15-16-29-24/h6-16,18-19,26H,1-5H3,(H,30,32)/t18-,19-,26-/m0/s1. The van der Waals surface area contributed by atoms with Gasteiger partial charge < -0.3 is 19.5 Å². The van der Waals surface area contributed by atoms with Crippen LogP contribution in [-0.2, 0) is 24.2 Å². The number of rotatable bonds is 10. The van der Waals surface area contributed by atoms with Crippen LogP contribution >= 0.6 is 0 Å². The highest BCUT2D eigenvalue weighted by Crippen LogP contribution is 2.34. The quantitative estimate of drug-likeness (QED) is 0.373. The summed E-state index contributed by atoms with van der Waals surface area (Å²) in [4.78, 5) is 41.5. The monoisotopic (exact) mass is 554 g/mol. The summed E-state index contributed by atoms with van der Waals surface area (Å²) in [6, 6.07) is 15.1. The van der Waals surface area contributed by atoms with Crippen molar-refractivity contribution in [2.75, 3.05) is 7.11 Å². The number of nitrogens with one attached hydrogen (secondary N) is 1. The smallest absolute Gasteiger partial charge is 0.328 e. The minimum atomic E-state index is -3.97. The Morgan fingerprint density at radius 1 is 0.949 bits per heavy atom. The van der Waals surface area contributed by atoms with Gasteiger partial charge in [-0.1, -0.05) is 48.0 Å². The van der Waals surface area contributed by atoms with Crippen molar-refractivity contribution in [3.63, 3.8) is 0 Å². The second-order valence-electron chi connectivity index (χ2n) is 8.81. The number of pyridine rings is 1. The van der Waals surface area contributed by atoms with Crippen molar-refractivity contribution < 1.29 is 37.0 Å². The molecule has 39 heavy (non-hydrogen) atoms. The van der Waals surface area contributed by atoms with Crippen LogP contribution < -0.4 is 14.8 Å². The Bertz CT molecular complexity index is 1440. The number of esters is 2. The van der Waals surface area contributed by atoms with Gasteiger partial charge in [0.05, 0.1) is 12.0 Å². The van der Waals surface area contributed by atoms with Gasteiger partial charge in [0.25, 0.3) is 5.91 Å². The molecule has 0 unspecified atom stereocenters. The van der Waals surface area contributed by atoms with Crippen molar-refractivity contribution >= 4 is 27.7 Å². The van der Waals surface area contributed by atoms with Crippen molar-refractivity contribution in [3.8, 4) is 11.5 Å². The summed E-state index contributed by atoms with van der Waals surface area (Å²) in [7, 11) is -2.64. The van der Waals surface area contributed by atoms with E-state index in [4.69, 9.17) is 14.2 Å². The topological polar surface area (TPSA) is 138 Å². The van der Waals surface area contributed by atoms with Gasteiger partial charge in [-0.15, -0.1) is 0 Å². The summed E-state index contributed by atoms with van der Waals surface area (Å²) >= 11 is 0. The highest BCUT2D eigenvalue weighted by Gasteiger charge is 2.37. The highest BCUT2D eigenvalue weighted by atomic mass is 32.2. The second-order valence-corrected chi connectivity index (χ2v) is 10.9. The van der Waals surface area contributed by atoms with E-state index in [1.807, 2.05) is 6.92 Å². The Labute approximate surface area is 227 Å². The van der Waals surface area contributed by atoms with E-state index in [9.17, 15) is 22.8 Å². The normalized spacial score (nSPS) is 13.5. The lowest BCUT2D eigenvalue weighted by Gasteiger charge is -2.26. The van der Waals surface area contributed by atoms with Crippen molar-refractivity contribution in [1.29, 1.82) is 0 Å². The van der Waals surface area contributed by atoms with Crippen LogP contribution in [0.2, 0.25) is 0 Å². The predicted octanol–water partition coefficient (Wildman–Crippen LogP) is 3.59. The molecule has 0 spiro atoms. The molecule has 3 atom stereocenters. The molecule has 0 fully saturated rings. The number of hydrogen-bond donors (Lipinski definition) is 1. The highest BCUT2D eigenvalue weighted by molar-refractivity contribution is 7.91. The molecule has 206 valence electrons. The first-order chi connectivity index (χ1) is 18.4. The molecule has 11 heteroatoms. The average Bonchev–Trinajstić information content (AvgIpc) is 2.89. The van der Waals surface area contributed by atoms with Crippen LogP contribution in [0.15, 0.2) is 71.8 Å². The lowest BCUT2D eigenvalue weighted by atomic mass is 10.1. The van der Waals surface area contributed by atoms with Gasteiger partial charge in [0, 0.05) is 19.2 Å². The van der Waals surface area contributed by atoms with E-state index in [0.717, 1.165) is 12.5 Å². The fourth-order valence-corrected chi connectivity index (χ4v) is 5.77. The molecule has 3 rings (SSSR count). The third-order valence-electron chi connectivity index (χ3n) is 5.79. The van der Waals surface area contributed by atoms with Crippen molar-refractivity contribution in [2.24, 2.45) is 0 Å². The van der Waals surface area contributed by atoms with Crippen LogP contribution in [0.5, 0.6) is 11.5 Å². The third-order valence-corrected chi connectivity index (χ3v) is 8.04. The van der Waals surface area contributed by atoms with E-state index in [1.54, 1.807) is 42.5 Å². The van der Waals surface area contributed by atoms with Gasteiger partial charge in [-0.05, 0) is 38.5 Å². The Morgan fingerprint density at radius 3 is 2.18 bits per heavy atom. The summed E-state index contributed by atoms with van der Waals surface area (Å²) in [6.45, 7) is 5.87. The van der Waals surface area contributed by atoms with E-state index < -0.39 is 45.1 Å². The lowest BCUT2D eigenvalue weighted by Crippen LogP contribution is -2.42. The number of carbonyl (C=O) groups excluding carboxylic acids is 3. The number of aryl methyl sites for hydroxylation is 1. The molecule has 10 nitrogen and oxygen atoms in total. The van der Waals surface area contributed by atoms with Crippen LogP contribution in [-0.4, -0.2) is 50.5 Å². The molecule has 0 bridgehead atoms. The number of sulfone groups is 1. The van der Waals surface area contributed by atoms with Gasteiger partial charge in [-0.3, -0.25) is 9.59 Å². The Balaban J connectivity index is 1.83. The van der Waals surface area contributed by atoms with Crippen LogP contribution in [0.25, 0.3) is 0 Å². The van der Waals surface area contributed by atoms with Gasteiger partial charge in [-0.25, -0.2) is 18.2 Å². The first kappa shape index (κ1) is 29.3. The zero-order valence-corrected chi connectivity index (χ0v) is 23.0. The minimum absolute atomic E-state index is 0.0910. The molecule has 0 radical (unpaired) electrons. The maximum absolute atomic E-state index is 13.7. The fourth-order valence-electron chi connectivity index (χ4n) is 3.89. The van der Waals surface area contributed by atoms with Crippen molar-refractivity contribution in [1.82, 2.24) is 10.3 Å². The maximum Gasteiger partial charge on any atom is 0.328 e. The number of ether oxygens (including phenoxy) is 3. The molecule has 2 aromatic carbocycles. The fraction of sp³-hybridized carbons (Fsp3) is 0.286. The molecular formula is C28H30N2O8S.